The van der Waals surface area contributed by atoms with Crippen molar-refractivity contribution < 1.29 is 22.0 Å². The third-order valence-electron chi connectivity index (χ3n) is 0.256. The van der Waals surface area contributed by atoms with Gasteiger partial charge in [0.15, 0.2) is 0 Å². The summed E-state index contributed by atoms with van der Waals surface area (Å²) in [6.45, 7) is 0.955. The molecule has 0 saturated carbocycles. The number of hydroxylamine groups is 1. The van der Waals surface area contributed by atoms with Crippen molar-refractivity contribution in [3.63, 3.8) is 0 Å². The van der Waals surface area contributed by atoms with Crippen LogP contribution in [-0.4, -0.2) is 18.3 Å². The van der Waals surface area contributed by atoms with Crippen molar-refractivity contribution in [3.8, 4) is 0 Å². The van der Waals surface area contributed by atoms with Crippen molar-refractivity contribution in [1.29, 1.82) is 0 Å². The molecule has 0 aliphatic carbocycles. The number of hydrogen-bond donors (Lipinski definition) is 3. The van der Waals surface area contributed by atoms with Gasteiger partial charge in [0.25, 0.3) is 0 Å². The molecule has 0 aromatic rings. The van der Waals surface area contributed by atoms with Gasteiger partial charge in [0.05, 0.1) is 0 Å². The number of nitrogens with two attached hydrogens (primary N) is 1. The molecule has 0 amide bonds. The molecule has 0 atom stereocenters. The van der Waals surface area contributed by atoms with Gasteiger partial charge in [-0.3, -0.25) is 0 Å². The van der Waals surface area contributed by atoms with Crippen LogP contribution in [0.15, 0.2) is 0 Å². The molecule has 0 aromatic heterocycles. The average molecular weight is 135 g/mol. The monoisotopic (exact) mass is 135 g/mol. The van der Waals surface area contributed by atoms with E-state index in [2.05, 4.69) is 0 Å². The Morgan fingerprint density at radius 1 is 1.67 bits per heavy atom. The van der Waals surface area contributed by atoms with E-state index >= 15 is 0 Å². The number of hydrogen-bond acceptors (Lipinski definition) is 3. The summed E-state index contributed by atoms with van der Waals surface area (Å²) in [7, 11) is 0. The van der Waals surface area contributed by atoms with Crippen molar-refractivity contribution in [1.82, 2.24) is 5.48 Å². The first kappa shape index (κ1) is 9.63. The van der Waals surface area contributed by atoms with Crippen molar-refractivity contribution in [2.45, 2.75) is 0 Å². The maximum atomic E-state index is 7.74. The topological polar surface area (TPSA) is 58.3 Å². The van der Waals surface area contributed by atoms with Crippen LogP contribution >= 0.6 is 0 Å². The zero-order chi connectivity index (χ0) is 4.12. The molecule has 0 bridgehead atoms. The van der Waals surface area contributed by atoms with Crippen LogP contribution in [0.2, 0.25) is 0 Å². The molecule has 0 aliphatic rings. The summed E-state index contributed by atoms with van der Waals surface area (Å²) in [5.74, 6) is 0. The van der Waals surface area contributed by atoms with Crippen LogP contribution in [0.1, 0.15) is 0 Å². The van der Waals surface area contributed by atoms with Crippen LogP contribution in [0.4, 0.5) is 0 Å². The molecule has 0 unspecified atom stereocenters. The Kier molecular flexibility index (Phi) is 14.5. The minimum absolute atomic E-state index is 0. The van der Waals surface area contributed by atoms with Gasteiger partial charge >= 0.3 is 0 Å². The second-order valence-corrected chi connectivity index (χ2v) is 0.697. The van der Waals surface area contributed by atoms with Crippen LogP contribution in [0.25, 0.3) is 0 Å². The molecule has 0 rings (SSSR count). The molecular formula is C2H8CoN2O. The molecule has 0 aliphatic heterocycles. The van der Waals surface area contributed by atoms with E-state index in [-0.39, 0.29) is 16.8 Å². The molecule has 0 spiro atoms. The van der Waals surface area contributed by atoms with Crippen LogP contribution in [0.5, 0.6) is 0 Å². The molecule has 6 heavy (non-hydrogen) atoms. The van der Waals surface area contributed by atoms with Gasteiger partial charge in [-0.05, 0) is 0 Å². The van der Waals surface area contributed by atoms with E-state index in [1.54, 1.807) is 0 Å². The number of nitrogens with one attached hydrogen (secondary N) is 1. The predicted molar refractivity (Wildman–Crippen MR) is 18.8 cm³/mol. The summed E-state index contributed by atoms with van der Waals surface area (Å²) in [6, 6.07) is 0. The second-order valence-electron chi connectivity index (χ2n) is 0.697. The summed E-state index contributed by atoms with van der Waals surface area (Å²) in [5, 5.41) is 7.74. The molecule has 41 valence electrons. The second kappa shape index (κ2) is 9.04. The van der Waals surface area contributed by atoms with Crippen molar-refractivity contribution in [3.05, 3.63) is 0 Å². The third-order valence-corrected chi connectivity index (χ3v) is 0.256. The van der Waals surface area contributed by atoms with Gasteiger partial charge in [-0.1, -0.05) is 0 Å². The molecule has 3 nitrogen and oxygen atoms in total. The summed E-state index contributed by atoms with van der Waals surface area (Å²) < 4.78 is 0. The predicted octanol–water partition coefficient (Wildman–Crippen LogP) is -1.08. The molecule has 0 heterocycles. The first-order valence-electron chi connectivity index (χ1n) is 1.49. The zero-order valence-electron chi connectivity index (χ0n) is 3.27. The molecule has 0 fully saturated rings. The molecule has 4 heteroatoms. The van der Waals surface area contributed by atoms with E-state index in [0.717, 1.165) is 0 Å². The number of rotatable bonds is 2. The summed E-state index contributed by atoms with van der Waals surface area (Å²) in [6.07, 6.45) is 0. The van der Waals surface area contributed by atoms with Gasteiger partial charge in [0.2, 0.25) is 0 Å². The van der Waals surface area contributed by atoms with Crippen LogP contribution in [-0.2, 0) is 16.8 Å². The molecule has 1 radical (unpaired) electrons. The maximum absolute atomic E-state index is 7.74. The quantitative estimate of drug-likeness (QED) is 0.422. The average Bonchev–Trinajstić information content (AvgIpc) is 1.41. The van der Waals surface area contributed by atoms with E-state index < -0.39 is 0 Å². The largest absolute Gasteiger partial charge is 0.329 e. The van der Waals surface area contributed by atoms with Crippen LogP contribution < -0.4 is 11.2 Å². The normalized spacial score (nSPS) is 7.00. The Morgan fingerprint density at radius 3 is 2.17 bits per heavy atom. The smallest absolute Gasteiger partial charge is 0.0330 e. The Morgan fingerprint density at radius 2 is 2.17 bits per heavy atom. The van der Waals surface area contributed by atoms with E-state index in [4.69, 9.17) is 10.9 Å². The van der Waals surface area contributed by atoms with Gasteiger partial charge in [-0.15, -0.1) is 0 Å². The zero-order valence-corrected chi connectivity index (χ0v) is 4.31. The fraction of sp³-hybridized carbons (Fsp3) is 1.00. The van der Waals surface area contributed by atoms with Gasteiger partial charge in [-0.2, -0.15) is 0 Å². The van der Waals surface area contributed by atoms with Gasteiger partial charge in [0, 0.05) is 29.9 Å². The molecular weight excluding hydrogens is 127 g/mol. The Bertz CT molecular complexity index is 19.0. The molecule has 0 saturated heterocycles. The van der Waals surface area contributed by atoms with Gasteiger partial charge in [-0.25, -0.2) is 5.48 Å². The Labute approximate surface area is 47.1 Å². The minimum Gasteiger partial charge on any atom is -0.329 e. The SMILES string of the molecule is NCCNO.[Co]. The van der Waals surface area contributed by atoms with Gasteiger partial charge in [0.1, 0.15) is 0 Å². The van der Waals surface area contributed by atoms with E-state index in [1.165, 1.54) is 0 Å². The first-order chi connectivity index (χ1) is 2.41. The first-order valence-corrected chi connectivity index (χ1v) is 1.49. The van der Waals surface area contributed by atoms with Crippen molar-refractivity contribution in [2.75, 3.05) is 13.1 Å². The Hall–Kier alpha value is 0.386. The van der Waals surface area contributed by atoms with E-state index in [0.29, 0.717) is 13.1 Å². The van der Waals surface area contributed by atoms with Crippen LogP contribution in [0, 0.1) is 0 Å². The minimum atomic E-state index is 0. The summed E-state index contributed by atoms with van der Waals surface area (Å²) in [5.41, 5.74) is 6.81. The third kappa shape index (κ3) is 8.83. The fourth-order valence-corrected chi connectivity index (χ4v) is 0.0645. The van der Waals surface area contributed by atoms with E-state index in [1.807, 2.05) is 5.48 Å². The summed E-state index contributed by atoms with van der Waals surface area (Å²) >= 11 is 0. The van der Waals surface area contributed by atoms with Crippen molar-refractivity contribution in [2.24, 2.45) is 5.73 Å². The molecule has 4 N–H and O–H groups in total. The molecule has 0 aromatic carbocycles. The van der Waals surface area contributed by atoms with Crippen molar-refractivity contribution >= 4 is 0 Å². The summed E-state index contributed by atoms with van der Waals surface area (Å²) in [4.78, 5) is 0. The van der Waals surface area contributed by atoms with E-state index in [9.17, 15) is 0 Å². The maximum Gasteiger partial charge on any atom is 0.0330 e. The van der Waals surface area contributed by atoms with Crippen LogP contribution in [0.3, 0.4) is 0 Å². The Balaban J connectivity index is 0. The fourth-order valence-electron chi connectivity index (χ4n) is 0.0645. The standard InChI is InChI=1S/C2H8N2O.Co/c3-1-2-4-5;/h4-5H,1-3H2;. The van der Waals surface area contributed by atoms with Gasteiger partial charge < -0.3 is 10.9 Å².